The zero-order valence-electron chi connectivity index (χ0n) is 15.5. The van der Waals surface area contributed by atoms with Crippen LogP contribution < -0.4 is 5.32 Å². The molecule has 0 radical (unpaired) electrons. The van der Waals surface area contributed by atoms with Crippen LogP contribution in [0.25, 0.3) is 5.69 Å². The fourth-order valence-corrected chi connectivity index (χ4v) is 4.04. The fraction of sp³-hybridized carbons (Fsp3) is 0.333. The van der Waals surface area contributed by atoms with Gasteiger partial charge in [0.25, 0.3) is 5.91 Å². The van der Waals surface area contributed by atoms with Gasteiger partial charge in [-0.2, -0.15) is 0 Å². The van der Waals surface area contributed by atoms with Crippen molar-refractivity contribution in [2.24, 2.45) is 5.92 Å². The van der Waals surface area contributed by atoms with E-state index in [1.807, 2.05) is 58.7 Å². The van der Waals surface area contributed by atoms with E-state index in [0.29, 0.717) is 10.7 Å². The van der Waals surface area contributed by atoms with Gasteiger partial charge in [-0.25, -0.2) is 4.98 Å². The summed E-state index contributed by atoms with van der Waals surface area (Å²) in [6.45, 7) is 5.45. The van der Waals surface area contributed by atoms with Gasteiger partial charge in [0.1, 0.15) is 0 Å². The van der Waals surface area contributed by atoms with Crippen LogP contribution >= 0.6 is 11.3 Å². The first-order chi connectivity index (χ1) is 13.2. The van der Waals surface area contributed by atoms with Crippen molar-refractivity contribution >= 4 is 22.4 Å². The van der Waals surface area contributed by atoms with Crippen LogP contribution in [-0.2, 0) is 6.54 Å². The predicted molar refractivity (Wildman–Crippen MR) is 110 cm³/mol. The lowest BCUT2D eigenvalue weighted by Crippen LogP contribution is -2.32. The largest absolute Gasteiger partial charge is 0.324 e. The van der Waals surface area contributed by atoms with Gasteiger partial charge in [-0.3, -0.25) is 15.0 Å². The molecule has 0 aliphatic carbocycles. The summed E-state index contributed by atoms with van der Waals surface area (Å²) in [4.78, 5) is 19.5. The minimum Gasteiger partial charge on any atom is -0.324 e. The van der Waals surface area contributed by atoms with Crippen LogP contribution in [0.5, 0.6) is 0 Å². The van der Waals surface area contributed by atoms with Crippen molar-refractivity contribution < 1.29 is 4.79 Å². The number of rotatable bonds is 5. The zero-order valence-corrected chi connectivity index (χ0v) is 16.3. The molecular weight excluding hydrogens is 356 g/mol. The molecule has 0 unspecified atom stereocenters. The van der Waals surface area contributed by atoms with Crippen molar-refractivity contribution in [1.29, 1.82) is 0 Å². The van der Waals surface area contributed by atoms with Crippen LogP contribution in [0.1, 0.15) is 35.8 Å². The van der Waals surface area contributed by atoms with Crippen molar-refractivity contribution in [3.63, 3.8) is 0 Å². The number of aromatic nitrogens is 2. The lowest BCUT2D eigenvalue weighted by atomic mass is 9.99. The van der Waals surface area contributed by atoms with E-state index in [1.165, 1.54) is 24.2 Å². The quantitative estimate of drug-likeness (QED) is 0.713. The molecule has 5 nitrogen and oxygen atoms in total. The van der Waals surface area contributed by atoms with Gasteiger partial charge in [-0.1, -0.05) is 6.92 Å². The molecule has 6 heteroatoms. The summed E-state index contributed by atoms with van der Waals surface area (Å²) in [5.41, 5.74) is 2.70. The number of thiazole rings is 1. The molecular formula is C21H24N4OS. The third kappa shape index (κ3) is 4.46. The Morgan fingerprint density at radius 3 is 2.59 bits per heavy atom. The van der Waals surface area contributed by atoms with Gasteiger partial charge >= 0.3 is 0 Å². The Kier molecular flexibility index (Phi) is 5.36. The van der Waals surface area contributed by atoms with E-state index in [4.69, 9.17) is 0 Å². The number of anilines is 1. The molecule has 1 fully saturated rings. The number of nitrogens with one attached hydrogen (secondary N) is 1. The summed E-state index contributed by atoms with van der Waals surface area (Å²) in [6.07, 6.45) is 6.48. The second-order valence-electron chi connectivity index (χ2n) is 7.19. The van der Waals surface area contributed by atoms with Gasteiger partial charge in [-0.05, 0) is 68.2 Å². The molecule has 1 saturated heterocycles. The first-order valence-corrected chi connectivity index (χ1v) is 10.3. The number of amides is 1. The van der Waals surface area contributed by atoms with Crippen LogP contribution in [0.2, 0.25) is 0 Å². The second-order valence-corrected chi connectivity index (χ2v) is 8.05. The molecule has 0 saturated carbocycles. The summed E-state index contributed by atoms with van der Waals surface area (Å²) in [5.74, 6) is 0.706. The van der Waals surface area contributed by atoms with E-state index in [9.17, 15) is 4.79 Å². The Hall–Kier alpha value is -2.44. The Morgan fingerprint density at radius 2 is 1.89 bits per heavy atom. The van der Waals surface area contributed by atoms with E-state index in [1.54, 1.807) is 0 Å². The van der Waals surface area contributed by atoms with Gasteiger partial charge in [-0.15, -0.1) is 11.3 Å². The lowest BCUT2D eigenvalue weighted by Gasteiger charge is -2.29. The number of benzene rings is 1. The highest BCUT2D eigenvalue weighted by molar-refractivity contribution is 7.13. The average Bonchev–Trinajstić information content (AvgIpc) is 3.36. The standard InChI is InChI=1S/C21H24N4OS/c1-16-8-12-24(13-9-16)14-18-15-27-21(22-18)23-20(26)17-4-6-19(7-5-17)25-10-2-3-11-25/h2-7,10-11,15-16H,8-9,12-14H2,1H3,(H,22,23,26). The number of carbonyl (C=O) groups is 1. The van der Waals surface area contributed by atoms with E-state index >= 15 is 0 Å². The van der Waals surface area contributed by atoms with Crippen molar-refractivity contribution in [2.75, 3.05) is 18.4 Å². The Balaban J connectivity index is 1.35. The van der Waals surface area contributed by atoms with Crippen LogP contribution in [0.4, 0.5) is 5.13 Å². The molecule has 2 aromatic heterocycles. The first kappa shape index (κ1) is 17.9. The predicted octanol–water partition coefficient (Wildman–Crippen LogP) is 4.42. The van der Waals surface area contributed by atoms with Crippen molar-refractivity contribution in [3.8, 4) is 5.69 Å². The van der Waals surface area contributed by atoms with Crippen molar-refractivity contribution in [2.45, 2.75) is 26.3 Å². The van der Waals surface area contributed by atoms with E-state index < -0.39 is 0 Å². The highest BCUT2D eigenvalue weighted by Gasteiger charge is 2.17. The van der Waals surface area contributed by atoms with Crippen LogP contribution in [0.3, 0.4) is 0 Å². The Morgan fingerprint density at radius 1 is 1.19 bits per heavy atom. The zero-order chi connectivity index (χ0) is 18.6. The van der Waals surface area contributed by atoms with Gasteiger partial charge in [0.2, 0.25) is 0 Å². The minimum atomic E-state index is -0.123. The summed E-state index contributed by atoms with van der Waals surface area (Å²) in [5, 5.41) is 5.63. The Labute approximate surface area is 163 Å². The maximum atomic E-state index is 12.5. The molecule has 1 aromatic carbocycles. The highest BCUT2D eigenvalue weighted by atomic mass is 32.1. The number of hydrogen-bond donors (Lipinski definition) is 1. The molecule has 1 amide bonds. The normalized spacial score (nSPS) is 15.7. The van der Waals surface area contributed by atoms with Crippen LogP contribution in [0.15, 0.2) is 54.2 Å². The van der Waals surface area contributed by atoms with Gasteiger partial charge in [0.05, 0.1) is 5.69 Å². The molecule has 3 heterocycles. The van der Waals surface area contributed by atoms with Crippen molar-refractivity contribution in [3.05, 3.63) is 65.4 Å². The summed E-state index contributed by atoms with van der Waals surface area (Å²) >= 11 is 1.49. The lowest BCUT2D eigenvalue weighted by molar-refractivity contribution is 0.102. The van der Waals surface area contributed by atoms with Crippen molar-refractivity contribution in [1.82, 2.24) is 14.5 Å². The van der Waals surface area contributed by atoms with Crippen LogP contribution in [-0.4, -0.2) is 33.4 Å². The first-order valence-electron chi connectivity index (χ1n) is 9.39. The van der Waals surface area contributed by atoms with E-state index in [2.05, 4.69) is 22.1 Å². The monoisotopic (exact) mass is 380 g/mol. The Bertz CT molecular complexity index is 877. The van der Waals surface area contributed by atoms with Gasteiger partial charge < -0.3 is 4.57 Å². The van der Waals surface area contributed by atoms with Crippen LogP contribution in [0, 0.1) is 5.92 Å². The molecule has 3 aromatic rings. The molecule has 1 N–H and O–H groups in total. The van der Waals surface area contributed by atoms with Gasteiger partial charge in [0, 0.05) is 35.6 Å². The SMILES string of the molecule is CC1CCN(Cc2csc(NC(=O)c3ccc(-n4cccc4)cc3)n2)CC1. The van der Waals surface area contributed by atoms with E-state index in [0.717, 1.165) is 36.9 Å². The maximum absolute atomic E-state index is 12.5. The number of likely N-dealkylation sites (tertiary alicyclic amines) is 1. The molecule has 1 aliphatic heterocycles. The second kappa shape index (κ2) is 8.06. The minimum absolute atomic E-state index is 0.123. The number of nitrogens with zero attached hydrogens (tertiary/aromatic N) is 3. The molecule has 27 heavy (non-hydrogen) atoms. The average molecular weight is 381 g/mol. The number of carbonyl (C=O) groups excluding carboxylic acids is 1. The summed E-state index contributed by atoms with van der Waals surface area (Å²) < 4.78 is 2.01. The number of piperidine rings is 1. The smallest absolute Gasteiger partial charge is 0.257 e. The molecule has 0 spiro atoms. The summed E-state index contributed by atoms with van der Waals surface area (Å²) in [7, 11) is 0. The molecule has 140 valence electrons. The van der Waals surface area contributed by atoms with Gasteiger partial charge in [0.15, 0.2) is 5.13 Å². The molecule has 0 bridgehead atoms. The third-order valence-electron chi connectivity index (χ3n) is 5.07. The summed E-state index contributed by atoms with van der Waals surface area (Å²) in [6, 6.07) is 11.5. The topological polar surface area (TPSA) is 50.2 Å². The fourth-order valence-electron chi connectivity index (χ4n) is 3.35. The molecule has 1 aliphatic rings. The molecule has 4 rings (SSSR count). The highest BCUT2D eigenvalue weighted by Crippen LogP contribution is 2.21. The molecule has 0 atom stereocenters. The number of hydrogen-bond acceptors (Lipinski definition) is 4. The van der Waals surface area contributed by atoms with E-state index in [-0.39, 0.29) is 5.91 Å². The maximum Gasteiger partial charge on any atom is 0.257 e. The third-order valence-corrected chi connectivity index (χ3v) is 5.87.